The Morgan fingerprint density at radius 3 is 2.66 bits per heavy atom. The van der Waals surface area contributed by atoms with Crippen LogP contribution in [0, 0.1) is 0 Å². The average molecular weight is 434 g/mol. The summed E-state index contributed by atoms with van der Waals surface area (Å²) in [4.78, 5) is 17.6. The molecule has 7 nitrogen and oxygen atoms in total. The van der Waals surface area contributed by atoms with E-state index in [9.17, 15) is 0 Å². The van der Waals surface area contributed by atoms with E-state index in [1.807, 2.05) is 6.20 Å². The first kappa shape index (κ1) is 22.1. The normalized spacial score (nSPS) is 15.3. The fraction of sp³-hybridized carbons (Fsp3) is 0.440. The lowest BCUT2D eigenvalue weighted by molar-refractivity contribution is 0.270. The van der Waals surface area contributed by atoms with Crippen molar-refractivity contribution in [1.82, 2.24) is 25.5 Å². The maximum Gasteiger partial charge on any atom is 0.191 e. The number of nitrogens with one attached hydrogen (secondary N) is 3. The number of aromatic nitrogens is 2. The van der Waals surface area contributed by atoms with Crippen molar-refractivity contribution in [3.05, 3.63) is 59.9 Å². The van der Waals surface area contributed by atoms with Gasteiger partial charge in [-0.05, 0) is 43.1 Å². The van der Waals surface area contributed by atoms with Crippen molar-refractivity contribution < 1.29 is 0 Å². The molecule has 0 unspecified atom stereocenters. The monoisotopic (exact) mass is 433 g/mol. The molecule has 2 aromatic heterocycles. The number of hydrogen-bond donors (Lipinski definition) is 3. The molecule has 1 aromatic carbocycles. The summed E-state index contributed by atoms with van der Waals surface area (Å²) in [6.45, 7) is 12.0. The van der Waals surface area contributed by atoms with E-state index in [-0.39, 0.29) is 0 Å². The third-order valence-electron chi connectivity index (χ3n) is 6.08. The SMILES string of the molecule is CCNC(=NCc1ccc(N2CCN(CC)CC2)nc1)NCCc1c[nH]c2ccccc12. The second kappa shape index (κ2) is 11.0. The van der Waals surface area contributed by atoms with Crippen LogP contribution in [0.5, 0.6) is 0 Å². The van der Waals surface area contributed by atoms with Crippen molar-refractivity contribution in [2.75, 3.05) is 50.7 Å². The number of likely N-dealkylation sites (N-methyl/N-ethyl adjacent to an activating group) is 1. The van der Waals surface area contributed by atoms with Crippen LogP contribution in [0.25, 0.3) is 10.9 Å². The van der Waals surface area contributed by atoms with Crippen molar-refractivity contribution in [3.8, 4) is 0 Å². The Hall–Kier alpha value is -3.06. The molecule has 0 aliphatic carbocycles. The molecule has 1 aliphatic heterocycles. The van der Waals surface area contributed by atoms with E-state index >= 15 is 0 Å². The summed E-state index contributed by atoms with van der Waals surface area (Å²) in [7, 11) is 0. The number of fused-ring (bicyclic) bond motifs is 1. The number of pyridine rings is 1. The second-order valence-corrected chi connectivity index (χ2v) is 8.18. The Balaban J connectivity index is 1.29. The van der Waals surface area contributed by atoms with E-state index in [0.717, 1.165) is 69.6 Å². The molecule has 7 heteroatoms. The van der Waals surface area contributed by atoms with Crippen LogP contribution >= 0.6 is 0 Å². The molecule has 3 aromatic rings. The number of aliphatic imine (C=N–C) groups is 1. The first-order valence-electron chi connectivity index (χ1n) is 11.8. The van der Waals surface area contributed by atoms with Gasteiger partial charge in [0.25, 0.3) is 0 Å². The van der Waals surface area contributed by atoms with E-state index in [4.69, 9.17) is 9.98 Å². The summed E-state index contributed by atoms with van der Waals surface area (Å²) in [5, 5.41) is 8.09. The van der Waals surface area contributed by atoms with Crippen LogP contribution in [0.1, 0.15) is 25.0 Å². The lowest BCUT2D eigenvalue weighted by Crippen LogP contribution is -2.46. The molecule has 1 fully saturated rings. The molecule has 0 spiro atoms. The van der Waals surface area contributed by atoms with Crippen LogP contribution in [0.2, 0.25) is 0 Å². The van der Waals surface area contributed by atoms with Gasteiger partial charge >= 0.3 is 0 Å². The minimum atomic E-state index is 0.610. The molecular formula is C25H35N7. The summed E-state index contributed by atoms with van der Waals surface area (Å²) >= 11 is 0. The second-order valence-electron chi connectivity index (χ2n) is 8.18. The first-order chi connectivity index (χ1) is 15.8. The maximum atomic E-state index is 4.75. The average Bonchev–Trinajstić information content (AvgIpc) is 3.26. The molecule has 0 saturated carbocycles. The Kier molecular flexibility index (Phi) is 7.61. The summed E-state index contributed by atoms with van der Waals surface area (Å²) in [6.07, 6.45) is 5.00. The number of aromatic amines is 1. The summed E-state index contributed by atoms with van der Waals surface area (Å²) in [5.41, 5.74) is 3.63. The number of rotatable bonds is 8. The zero-order valence-corrected chi connectivity index (χ0v) is 19.3. The Morgan fingerprint density at radius 2 is 1.91 bits per heavy atom. The number of benzene rings is 1. The summed E-state index contributed by atoms with van der Waals surface area (Å²) < 4.78 is 0. The highest BCUT2D eigenvalue weighted by molar-refractivity contribution is 5.83. The number of piperazine rings is 1. The van der Waals surface area contributed by atoms with Crippen LogP contribution in [0.15, 0.2) is 53.8 Å². The van der Waals surface area contributed by atoms with Crippen LogP contribution < -0.4 is 15.5 Å². The number of anilines is 1. The molecule has 0 bridgehead atoms. The Morgan fingerprint density at radius 1 is 1.06 bits per heavy atom. The molecule has 170 valence electrons. The number of para-hydroxylation sites is 1. The van der Waals surface area contributed by atoms with Gasteiger partial charge in [-0.2, -0.15) is 0 Å². The minimum Gasteiger partial charge on any atom is -0.361 e. The van der Waals surface area contributed by atoms with Crippen molar-refractivity contribution in [3.63, 3.8) is 0 Å². The zero-order chi connectivity index (χ0) is 22.2. The van der Waals surface area contributed by atoms with E-state index in [2.05, 4.69) is 81.9 Å². The van der Waals surface area contributed by atoms with Crippen molar-refractivity contribution >= 4 is 22.7 Å². The van der Waals surface area contributed by atoms with Gasteiger partial charge in [0.1, 0.15) is 5.82 Å². The fourth-order valence-electron chi connectivity index (χ4n) is 4.16. The smallest absolute Gasteiger partial charge is 0.191 e. The van der Waals surface area contributed by atoms with Crippen LogP contribution in [0.3, 0.4) is 0 Å². The van der Waals surface area contributed by atoms with Crippen LogP contribution in [0.4, 0.5) is 5.82 Å². The first-order valence-corrected chi connectivity index (χ1v) is 11.8. The maximum absolute atomic E-state index is 4.75. The van der Waals surface area contributed by atoms with E-state index < -0.39 is 0 Å². The highest BCUT2D eigenvalue weighted by atomic mass is 15.3. The number of guanidine groups is 1. The molecule has 32 heavy (non-hydrogen) atoms. The van der Waals surface area contributed by atoms with Crippen molar-refractivity contribution in [2.45, 2.75) is 26.8 Å². The third-order valence-corrected chi connectivity index (χ3v) is 6.08. The van der Waals surface area contributed by atoms with Gasteiger partial charge in [-0.3, -0.25) is 0 Å². The lowest BCUT2D eigenvalue weighted by atomic mass is 10.1. The van der Waals surface area contributed by atoms with Crippen molar-refractivity contribution in [1.29, 1.82) is 0 Å². The van der Waals surface area contributed by atoms with Crippen LogP contribution in [-0.4, -0.2) is 66.6 Å². The fourth-order valence-corrected chi connectivity index (χ4v) is 4.16. The van der Waals surface area contributed by atoms with Crippen molar-refractivity contribution in [2.24, 2.45) is 4.99 Å². The predicted octanol–water partition coefficient (Wildman–Crippen LogP) is 3.00. The summed E-state index contributed by atoms with van der Waals surface area (Å²) in [6, 6.07) is 12.7. The molecule has 1 aliphatic rings. The highest BCUT2D eigenvalue weighted by Crippen LogP contribution is 2.18. The summed E-state index contributed by atoms with van der Waals surface area (Å²) in [5.74, 6) is 1.91. The molecule has 0 atom stereocenters. The van der Waals surface area contributed by atoms with Gasteiger partial charge in [0.05, 0.1) is 6.54 Å². The van der Waals surface area contributed by atoms with E-state index in [1.54, 1.807) is 0 Å². The zero-order valence-electron chi connectivity index (χ0n) is 19.3. The molecule has 3 N–H and O–H groups in total. The van der Waals surface area contributed by atoms with Gasteiger partial charge in [0, 0.05) is 62.6 Å². The minimum absolute atomic E-state index is 0.610. The van der Waals surface area contributed by atoms with Gasteiger partial charge in [0.15, 0.2) is 5.96 Å². The quantitative estimate of drug-likeness (QED) is 0.376. The molecule has 4 rings (SSSR count). The number of nitrogens with zero attached hydrogens (tertiary/aromatic N) is 4. The van der Waals surface area contributed by atoms with Gasteiger partial charge in [-0.25, -0.2) is 9.98 Å². The number of H-pyrrole nitrogens is 1. The van der Waals surface area contributed by atoms with E-state index in [1.165, 1.54) is 16.5 Å². The molecule has 0 radical (unpaired) electrons. The van der Waals surface area contributed by atoms with Crippen LogP contribution in [-0.2, 0) is 13.0 Å². The molecule has 0 amide bonds. The van der Waals surface area contributed by atoms with E-state index in [0.29, 0.717) is 6.54 Å². The van der Waals surface area contributed by atoms with Gasteiger partial charge in [-0.15, -0.1) is 0 Å². The molecule has 3 heterocycles. The largest absolute Gasteiger partial charge is 0.361 e. The molecular weight excluding hydrogens is 398 g/mol. The lowest BCUT2D eigenvalue weighted by Gasteiger charge is -2.34. The third kappa shape index (κ3) is 5.59. The number of hydrogen-bond acceptors (Lipinski definition) is 4. The standard InChI is InChI=1S/C25H35N7/c1-3-26-25(27-12-11-21-19-28-23-8-6-5-7-22(21)23)30-18-20-9-10-24(29-17-20)32-15-13-31(4-2)14-16-32/h5-10,17,19,28H,3-4,11-16,18H2,1-2H3,(H2,26,27,30). The Labute approximate surface area is 190 Å². The predicted molar refractivity (Wildman–Crippen MR) is 133 cm³/mol. The van der Waals surface area contributed by atoms with Gasteiger partial charge < -0.3 is 25.4 Å². The van der Waals surface area contributed by atoms with Gasteiger partial charge in [0.2, 0.25) is 0 Å². The highest BCUT2D eigenvalue weighted by Gasteiger charge is 2.16. The molecule has 1 saturated heterocycles. The topological polar surface area (TPSA) is 71.6 Å². The van der Waals surface area contributed by atoms with Gasteiger partial charge in [-0.1, -0.05) is 31.2 Å². The Bertz CT molecular complexity index is 1000.